The van der Waals surface area contributed by atoms with E-state index in [4.69, 9.17) is 5.84 Å². The zero-order valence-electron chi connectivity index (χ0n) is 10.2. The highest BCUT2D eigenvalue weighted by Gasteiger charge is 2.17. The second-order valence-corrected chi connectivity index (χ2v) is 4.24. The summed E-state index contributed by atoms with van der Waals surface area (Å²) < 4.78 is 0. The molecule has 2 unspecified atom stereocenters. The predicted molar refractivity (Wildman–Crippen MR) is 64.4 cm³/mol. The summed E-state index contributed by atoms with van der Waals surface area (Å²) in [7, 11) is 0. The lowest BCUT2D eigenvalue weighted by atomic mass is 9.92. The molecule has 0 aliphatic heterocycles. The fraction of sp³-hybridized carbons (Fsp3) is 0.818. The number of H-pyrrole nitrogens is 1. The minimum absolute atomic E-state index is 0.0873. The van der Waals surface area contributed by atoms with Gasteiger partial charge in [0.2, 0.25) is 0 Å². The fourth-order valence-electron chi connectivity index (χ4n) is 1.96. The van der Waals surface area contributed by atoms with E-state index in [1.54, 1.807) is 0 Å². The van der Waals surface area contributed by atoms with Gasteiger partial charge in [-0.2, -0.15) is 5.10 Å². The van der Waals surface area contributed by atoms with Crippen LogP contribution >= 0.6 is 0 Å². The number of aromatic nitrogens is 3. The van der Waals surface area contributed by atoms with Gasteiger partial charge in [-0.3, -0.25) is 10.9 Å². The molecule has 2 atom stereocenters. The van der Waals surface area contributed by atoms with Crippen LogP contribution in [0.5, 0.6) is 0 Å². The molecule has 0 bridgehead atoms. The molecule has 0 aliphatic rings. The maximum atomic E-state index is 5.56. The first-order valence-electron chi connectivity index (χ1n) is 6.13. The van der Waals surface area contributed by atoms with Crippen LogP contribution in [0.1, 0.15) is 57.8 Å². The SMILES string of the molecule is CCCCC(CC)CC(NN)c1ncn[nH]1. The van der Waals surface area contributed by atoms with Gasteiger partial charge in [0.05, 0.1) is 6.04 Å². The van der Waals surface area contributed by atoms with Gasteiger partial charge < -0.3 is 0 Å². The standard InChI is InChI=1S/C11H23N5/c1-3-5-6-9(4-2)7-10(15-12)11-13-8-14-16-11/h8-10,15H,3-7,12H2,1-2H3,(H,13,14,16). The summed E-state index contributed by atoms with van der Waals surface area (Å²) in [6.45, 7) is 4.45. The molecule has 0 saturated carbocycles. The average molecular weight is 225 g/mol. The second kappa shape index (κ2) is 7.35. The Morgan fingerprint density at radius 1 is 1.50 bits per heavy atom. The number of rotatable bonds is 8. The highest BCUT2D eigenvalue weighted by atomic mass is 15.3. The molecule has 4 N–H and O–H groups in total. The summed E-state index contributed by atoms with van der Waals surface area (Å²) in [6, 6.07) is 0.0873. The lowest BCUT2D eigenvalue weighted by Crippen LogP contribution is -2.30. The number of nitrogens with two attached hydrogens (primary N) is 1. The first-order chi connectivity index (χ1) is 7.81. The van der Waals surface area contributed by atoms with E-state index in [1.807, 2.05) is 0 Å². The molecule has 5 nitrogen and oxygen atoms in total. The molecule has 1 aromatic heterocycles. The first-order valence-corrected chi connectivity index (χ1v) is 6.13. The van der Waals surface area contributed by atoms with Gasteiger partial charge in [-0.15, -0.1) is 0 Å². The van der Waals surface area contributed by atoms with Crippen LogP contribution in [-0.4, -0.2) is 15.2 Å². The van der Waals surface area contributed by atoms with E-state index >= 15 is 0 Å². The Labute approximate surface area is 97.2 Å². The number of hydrazine groups is 1. The van der Waals surface area contributed by atoms with Crippen LogP contribution in [0.15, 0.2) is 6.33 Å². The molecule has 0 fully saturated rings. The molecule has 16 heavy (non-hydrogen) atoms. The largest absolute Gasteiger partial charge is 0.271 e. The fourth-order valence-corrected chi connectivity index (χ4v) is 1.96. The van der Waals surface area contributed by atoms with Crippen molar-refractivity contribution in [2.75, 3.05) is 0 Å². The van der Waals surface area contributed by atoms with Crippen molar-refractivity contribution >= 4 is 0 Å². The summed E-state index contributed by atoms with van der Waals surface area (Å²) in [4.78, 5) is 4.15. The summed E-state index contributed by atoms with van der Waals surface area (Å²) >= 11 is 0. The van der Waals surface area contributed by atoms with E-state index in [-0.39, 0.29) is 6.04 Å². The van der Waals surface area contributed by atoms with E-state index in [0.717, 1.165) is 12.2 Å². The number of hydrogen-bond acceptors (Lipinski definition) is 4. The summed E-state index contributed by atoms with van der Waals surface area (Å²) in [5, 5.41) is 6.72. The minimum atomic E-state index is 0.0873. The quantitative estimate of drug-likeness (QED) is 0.466. The predicted octanol–water partition coefficient (Wildman–Crippen LogP) is 1.92. The smallest absolute Gasteiger partial charge is 0.142 e. The van der Waals surface area contributed by atoms with Crippen LogP contribution in [0.3, 0.4) is 0 Å². The van der Waals surface area contributed by atoms with Gasteiger partial charge in [-0.1, -0.05) is 39.5 Å². The number of nitrogens with zero attached hydrogens (tertiary/aromatic N) is 2. The van der Waals surface area contributed by atoms with E-state index in [2.05, 4.69) is 34.5 Å². The number of nitrogens with one attached hydrogen (secondary N) is 2. The van der Waals surface area contributed by atoms with Crippen molar-refractivity contribution in [1.82, 2.24) is 20.6 Å². The van der Waals surface area contributed by atoms with Gasteiger partial charge in [-0.05, 0) is 12.3 Å². The normalized spacial score (nSPS) is 14.9. The van der Waals surface area contributed by atoms with Crippen molar-refractivity contribution in [3.8, 4) is 0 Å². The van der Waals surface area contributed by atoms with E-state index in [0.29, 0.717) is 5.92 Å². The molecule has 1 rings (SSSR count). The number of unbranched alkanes of at least 4 members (excludes halogenated alkanes) is 1. The van der Waals surface area contributed by atoms with Crippen molar-refractivity contribution in [2.24, 2.45) is 11.8 Å². The topological polar surface area (TPSA) is 79.6 Å². The summed E-state index contributed by atoms with van der Waals surface area (Å²) in [6.07, 6.45) is 7.52. The second-order valence-electron chi connectivity index (χ2n) is 4.24. The average Bonchev–Trinajstić information content (AvgIpc) is 2.83. The van der Waals surface area contributed by atoms with E-state index < -0.39 is 0 Å². The highest BCUT2D eigenvalue weighted by molar-refractivity contribution is 4.91. The molecule has 0 spiro atoms. The van der Waals surface area contributed by atoms with E-state index in [9.17, 15) is 0 Å². The molecule has 1 heterocycles. The zero-order valence-corrected chi connectivity index (χ0v) is 10.2. The number of aromatic amines is 1. The van der Waals surface area contributed by atoms with Crippen molar-refractivity contribution in [3.05, 3.63) is 12.2 Å². The van der Waals surface area contributed by atoms with Crippen molar-refractivity contribution in [1.29, 1.82) is 0 Å². The molecule has 0 aliphatic carbocycles. The third kappa shape index (κ3) is 3.90. The third-order valence-electron chi connectivity index (χ3n) is 3.08. The summed E-state index contributed by atoms with van der Waals surface area (Å²) in [5.41, 5.74) is 2.81. The Morgan fingerprint density at radius 3 is 2.81 bits per heavy atom. The molecule has 0 amide bonds. The maximum Gasteiger partial charge on any atom is 0.142 e. The zero-order chi connectivity index (χ0) is 11.8. The van der Waals surface area contributed by atoms with Crippen LogP contribution in [0, 0.1) is 5.92 Å². The van der Waals surface area contributed by atoms with Gasteiger partial charge in [0.1, 0.15) is 12.2 Å². The van der Waals surface area contributed by atoms with Crippen LogP contribution in [0.4, 0.5) is 0 Å². The Bertz CT molecular complexity index is 259. The Morgan fingerprint density at radius 2 is 2.31 bits per heavy atom. The Kier molecular flexibility index (Phi) is 6.03. The molecule has 5 heteroatoms. The lowest BCUT2D eigenvalue weighted by Gasteiger charge is -2.20. The van der Waals surface area contributed by atoms with Gasteiger partial charge in [0, 0.05) is 0 Å². The van der Waals surface area contributed by atoms with Crippen LogP contribution in [0.25, 0.3) is 0 Å². The van der Waals surface area contributed by atoms with Crippen molar-refractivity contribution < 1.29 is 0 Å². The van der Waals surface area contributed by atoms with Crippen molar-refractivity contribution in [2.45, 2.75) is 52.0 Å². The maximum absolute atomic E-state index is 5.56. The number of hydrogen-bond donors (Lipinski definition) is 3. The Balaban J connectivity index is 2.47. The van der Waals surface area contributed by atoms with Crippen LogP contribution in [0.2, 0.25) is 0 Å². The first kappa shape index (κ1) is 13.1. The van der Waals surface area contributed by atoms with E-state index in [1.165, 1.54) is 32.0 Å². The van der Waals surface area contributed by atoms with Gasteiger partial charge in [0.15, 0.2) is 0 Å². The Hall–Kier alpha value is -0.940. The van der Waals surface area contributed by atoms with Crippen LogP contribution < -0.4 is 11.3 Å². The molecule has 92 valence electrons. The monoisotopic (exact) mass is 225 g/mol. The minimum Gasteiger partial charge on any atom is -0.271 e. The molecular formula is C11H23N5. The summed E-state index contributed by atoms with van der Waals surface area (Å²) in [5.74, 6) is 7.09. The van der Waals surface area contributed by atoms with Crippen molar-refractivity contribution in [3.63, 3.8) is 0 Å². The highest BCUT2D eigenvalue weighted by Crippen LogP contribution is 2.24. The molecule has 0 saturated heterocycles. The third-order valence-corrected chi connectivity index (χ3v) is 3.08. The molecular weight excluding hydrogens is 202 g/mol. The van der Waals surface area contributed by atoms with Crippen LogP contribution in [-0.2, 0) is 0 Å². The van der Waals surface area contributed by atoms with Gasteiger partial charge in [0.25, 0.3) is 0 Å². The molecule has 0 aromatic carbocycles. The van der Waals surface area contributed by atoms with Gasteiger partial charge >= 0.3 is 0 Å². The molecule has 1 aromatic rings. The lowest BCUT2D eigenvalue weighted by molar-refractivity contribution is 0.348. The molecule has 0 radical (unpaired) electrons. The van der Waals surface area contributed by atoms with Gasteiger partial charge in [-0.25, -0.2) is 10.4 Å².